The van der Waals surface area contributed by atoms with E-state index in [0.717, 1.165) is 6.54 Å². The van der Waals surface area contributed by atoms with Gasteiger partial charge in [0, 0.05) is 6.54 Å². The first-order valence-electron chi connectivity index (χ1n) is 9.31. The number of hydrogen-bond donors (Lipinski definition) is 0. The lowest BCUT2D eigenvalue weighted by atomic mass is 9.74. The molecule has 0 N–H and O–H groups in total. The van der Waals surface area contributed by atoms with Crippen LogP contribution in [0, 0.1) is 10.8 Å². The Balaban J connectivity index is 2.10. The van der Waals surface area contributed by atoms with Gasteiger partial charge in [-0.1, -0.05) is 65.3 Å². The topological polar surface area (TPSA) is 3.24 Å². The smallest absolute Gasteiger partial charge is 0.0163 e. The third kappa shape index (κ3) is 10.2. The SMILES string of the molecule is CC(C)(C)CC(C)(C)C/C=C/CC/C=C/CN1CCCCC1. The van der Waals surface area contributed by atoms with Gasteiger partial charge in [0.1, 0.15) is 0 Å². The summed E-state index contributed by atoms with van der Waals surface area (Å²) in [6.07, 6.45) is 18.5. The van der Waals surface area contributed by atoms with Crippen molar-refractivity contribution in [2.45, 2.75) is 79.6 Å². The van der Waals surface area contributed by atoms with E-state index in [9.17, 15) is 0 Å². The Bertz CT molecular complexity index is 337. The third-order valence-electron chi connectivity index (χ3n) is 4.32. The van der Waals surface area contributed by atoms with Crippen molar-refractivity contribution in [1.82, 2.24) is 4.90 Å². The van der Waals surface area contributed by atoms with Gasteiger partial charge in [-0.15, -0.1) is 0 Å². The summed E-state index contributed by atoms with van der Waals surface area (Å²) in [5.41, 5.74) is 0.841. The summed E-state index contributed by atoms with van der Waals surface area (Å²) in [5, 5.41) is 0. The standard InChI is InChI=1S/C21H39N/c1-20(2,3)19-21(4,5)15-11-8-6-7-9-12-16-22-17-13-10-14-18-22/h8-9,11-12H,6-7,10,13-19H2,1-5H3/b11-8+,12-9+. The number of nitrogens with zero attached hydrogens (tertiary/aromatic N) is 1. The molecule has 1 aliphatic rings. The Hall–Kier alpha value is -0.560. The molecule has 0 aromatic heterocycles. The molecule has 1 rings (SSSR count). The zero-order valence-electron chi connectivity index (χ0n) is 15.8. The van der Waals surface area contributed by atoms with E-state index in [-0.39, 0.29) is 0 Å². The van der Waals surface area contributed by atoms with Crippen LogP contribution < -0.4 is 0 Å². The van der Waals surface area contributed by atoms with Crippen LogP contribution in [0.1, 0.15) is 79.6 Å². The van der Waals surface area contributed by atoms with E-state index in [1.165, 1.54) is 58.0 Å². The normalized spacial score (nSPS) is 18.6. The fourth-order valence-corrected chi connectivity index (χ4v) is 3.70. The molecule has 1 heteroatoms. The van der Waals surface area contributed by atoms with Gasteiger partial charge < -0.3 is 0 Å². The fourth-order valence-electron chi connectivity index (χ4n) is 3.70. The zero-order valence-corrected chi connectivity index (χ0v) is 15.8. The highest BCUT2D eigenvalue weighted by atomic mass is 15.1. The maximum absolute atomic E-state index is 2.57. The Morgan fingerprint density at radius 3 is 1.95 bits per heavy atom. The zero-order chi connectivity index (χ0) is 16.5. The molecule has 1 aliphatic heterocycles. The summed E-state index contributed by atoms with van der Waals surface area (Å²) >= 11 is 0. The summed E-state index contributed by atoms with van der Waals surface area (Å²) in [7, 11) is 0. The van der Waals surface area contributed by atoms with Crippen molar-refractivity contribution in [3.05, 3.63) is 24.3 Å². The number of allylic oxidation sites excluding steroid dienone is 3. The summed E-state index contributed by atoms with van der Waals surface area (Å²) < 4.78 is 0. The fraction of sp³-hybridized carbons (Fsp3) is 0.810. The second-order valence-electron chi connectivity index (χ2n) is 8.99. The molecule has 0 aliphatic carbocycles. The summed E-state index contributed by atoms with van der Waals surface area (Å²) in [5.74, 6) is 0. The van der Waals surface area contributed by atoms with Gasteiger partial charge in [0.2, 0.25) is 0 Å². The van der Waals surface area contributed by atoms with E-state index < -0.39 is 0 Å². The Kier molecular flexibility index (Phi) is 8.46. The molecule has 0 unspecified atom stereocenters. The van der Waals surface area contributed by atoms with Gasteiger partial charge in [-0.3, -0.25) is 4.90 Å². The van der Waals surface area contributed by atoms with Gasteiger partial charge in [-0.05, 0) is 62.4 Å². The van der Waals surface area contributed by atoms with Gasteiger partial charge in [0.05, 0.1) is 0 Å². The Morgan fingerprint density at radius 1 is 0.773 bits per heavy atom. The molecule has 0 atom stereocenters. The van der Waals surface area contributed by atoms with Gasteiger partial charge >= 0.3 is 0 Å². The van der Waals surface area contributed by atoms with E-state index in [2.05, 4.69) is 63.8 Å². The number of rotatable bonds is 8. The predicted molar refractivity (Wildman–Crippen MR) is 100 cm³/mol. The first-order chi connectivity index (χ1) is 10.3. The highest BCUT2D eigenvalue weighted by Gasteiger charge is 2.23. The van der Waals surface area contributed by atoms with Crippen LogP contribution in [-0.2, 0) is 0 Å². The molecule has 1 nitrogen and oxygen atoms in total. The molecule has 0 spiro atoms. The van der Waals surface area contributed by atoms with E-state index in [4.69, 9.17) is 0 Å². The lowest BCUT2D eigenvalue weighted by molar-refractivity contribution is 0.215. The van der Waals surface area contributed by atoms with Crippen LogP contribution in [-0.4, -0.2) is 24.5 Å². The predicted octanol–water partition coefficient (Wildman–Crippen LogP) is 6.22. The summed E-state index contributed by atoms with van der Waals surface area (Å²) in [6, 6.07) is 0. The van der Waals surface area contributed by atoms with Gasteiger partial charge in [-0.25, -0.2) is 0 Å². The molecule has 0 bridgehead atoms. The van der Waals surface area contributed by atoms with Gasteiger partial charge in [0.15, 0.2) is 0 Å². The molecule has 1 saturated heterocycles. The van der Waals surface area contributed by atoms with Crippen LogP contribution in [0.25, 0.3) is 0 Å². The minimum absolute atomic E-state index is 0.416. The van der Waals surface area contributed by atoms with Crippen molar-refractivity contribution in [1.29, 1.82) is 0 Å². The Morgan fingerprint density at radius 2 is 1.36 bits per heavy atom. The van der Waals surface area contributed by atoms with Crippen molar-refractivity contribution in [3.63, 3.8) is 0 Å². The molecule has 128 valence electrons. The maximum atomic E-state index is 2.57. The molecular formula is C21H39N. The number of likely N-dealkylation sites (tertiary alicyclic amines) is 1. The average molecular weight is 306 g/mol. The molecule has 1 fully saturated rings. The number of hydrogen-bond acceptors (Lipinski definition) is 1. The monoisotopic (exact) mass is 305 g/mol. The molecule has 0 aromatic rings. The van der Waals surface area contributed by atoms with E-state index in [1.807, 2.05) is 0 Å². The number of piperidine rings is 1. The molecule has 0 radical (unpaired) electrons. The van der Waals surface area contributed by atoms with Crippen LogP contribution in [0.2, 0.25) is 0 Å². The first-order valence-corrected chi connectivity index (χ1v) is 9.31. The van der Waals surface area contributed by atoms with Crippen LogP contribution in [0.4, 0.5) is 0 Å². The minimum atomic E-state index is 0.416. The lowest BCUT2D eigenvalue weighted by Gasteiger charge is -2.31. The van der Waals surface area contributed by atoms with E-state index >= 15 is 0 Å². The largest absolute Gasteiger partial charge is 0.300 e. The molecule has 0 amide bonds. The maximum Gasteiger partial charge on any atom is 0.0163 e. The lowest BCUT2D eigenvalue weighted by Crippen LogP contribution is -2.29. The highest BCUT2D eigenvalue weighted by molar-refractivity contribution is 4.92. The van der Waals surface area contributed by atoms with Gasteiger partial charge in [0.25, 0.3) is 0 Å². The molecule has 0 saturated carbocycles. The Labute approximate surface area is 139 Å². The second-order valence-corrected chi connectivity index (χ2v) is 8.99. The molecule has 1 heterocycles. The van der Waals surface area contributed by atoms with Crippen molar-refractivity contribution < 1.29 is 0 Å². The second kappa shape index (κ2) is 9.55. The van der Waals surface area contributed by atoms with Gasteiger partial charge in [-0.2, -0.15) is 0 Å². The highest BCUT2D eigenvalue weighted by Crippen LogP contribution is 2.35. The minimum Gasteiger partial charge on any atom is -0.300 e. The van der Waals surface area contributed by atoms with Crippen molar-refractivity contribution in [3.8, 4) is 0 Å². The molecular weight excluding hydrogens is 266 g/mol. The van der Waals surface area contributed by atoms with Crippen molar-refractivity contribution in [2.75, 3.05) is 19.6 Å². The van der Waals surface area contributed by atoms with E-state index in [1.54, 1.807) is 0 Å². The third-order valence-corrected chi connectivity index (χ3v) is 4.32. The summed E-state index contributed by atoms with van der Waals surface area (Å²) in [6.45, 7) is 15.5. The van der Waals surface area contributed by atoms with Crippen molar-refractivity contribution >= 4 is 0 Å². The van der Waals surface area contributed by atoms with Crippen LogP contribution in [0.15, 0.2) is 24.3 Å². The van der Waals surface area contributed by atoms with Crippen LogP contribution >= 0.6 is 0 Å². The first kappa shape index (κ1) is 19.5. The quantitative estimate of drug-likeness (QED) is 0.380. The van der Waals surface area contributed by atoms with Crippen molar-refractivity contribution in [2.24, 2.45) is 10.8 Å². The van der Waals surface area contributed by atoms with Crippen LogP contribution in [0.3, 0.4) is 0 Å². The average Bonchev–Trinajstić information content (AvgIpc) is 2.40. The number of unbranched alkanes of at least 4 members (excludes halogenated alkanes) is 1. The van der Waals surface area contributed by atoms with Crippen LogP contribution in [0.5, 0.6) is 0 Å². The summed E-state index contributed by atoms with van der Waals surface area (Å²) in [4.78, 5) is 2.57. The molecule has 0 aromatic carbocycles. The van der Waals surface area contributed by atoms with E-state index in [0.29, 0.717) is 10.8 Å². The molecule has 22 heavy (non-hydrogen) atoms.